The summed E-state index contributed by atoms with van der Waals surface area (Å²) in [5.74, 6) is -0.226. The number of aromatic amines is 1. The summed E-state index contributed by atoms with van der Waals surface area (Å²) in [6.45, 7) is 4.67. The van der Waals surface area contributed by atoms with E-state index in [-0.39, 0.29) is 22.4 Å². The van der Waals surface area contributed by atoms with Gasteiger partial charge in [0.25, 0.3) is 15.9 Å². The molecule has 1 heterocycles. The third-order valence-electron chi connectivity index (χ3n) is 4.83. The van der Waals surface area contributed by atoms with Crippen LogP contribution >= 0.6 is 0 Å². The normalized spacial score (nSPS) is 11.6. The SMILES string of the molecule is COCCNC(=O)c1c[nH]c2ccc(S(=O)(=O)Nc3ccc(C(C)C)cc3)cc2c1=O. The number of carbonyl (C=O) groups is 1. The Balaban J connectivity index is 1.92. The van der Waals surface area contributed by atoms with Crippen LogP contribution in [0.5, 0.6) is 0 Å². The minimum Gasteiger partial charge on any atom is -0.383 e. The molecule has 1 amide bonds. The summed E-state index contributed by atoms with van der Waals surface area (Å²) in [7, 11) is -2.42. The van der Waals surface area contributed by atoms with Crippen molar-refractivity contribution in [2.75, 3.05) is 25.0 Å². The predicted molar refractivity (Wildman–Crippen MR) is 120 cm³/mol. The number of carbonyl (C=O) groups excluding carboxylic acids is 1. The van der Waals surface area contributed by atoms with E-state index in [1.807, 2.05) is 12.1 Å². The van der Waals surface area contributed by atoms with E-state index in [4.69, 9.17) is 4.74 Å². The van der Waals surface area contributed by atoms with E-state index in [1.54, 1.807) is 12.1 Å². The van der Waals surface area contributed by atoms with E-state index in [9.17, 15) is 18.0 Å². The first-order chi connectivity index (χ1) is 14.7. The predicted octanol–water partition coefficient (Wildman–Crippen LogP) is 2.83. The first-order valence-electron chi connectivity index (χ1n) is 9.78. The quantitative estimate of drug-likeness (QED) is 0.463. The lowest BCUT2D eigenvalue weighted by Crippen LogP contribution is -2.31. The van der Waals surface area contributed by atoms with Gasteiger partial charge in [0.1, 0.15) is 5.56 Å². The number of hydrogen-bond acceptors (Lipinski definition) is 5. The molecule has 3 rings (SSSR count). The lowest BCUT2D eigenvalue weighted by Gasteiger charge is -2.11. The van der Waals surface area contributed by atoms with Crippen LogP contribution < -0.4 is 15.5 Å². The summed E-state index contributed by atoms with van der Waals surface area (Å²) >= 11 is 0. The minimum absolute atomic E-state index is 0.0737. The Kier molecular flexibility index (Phi) is 6.77. The molecular weight excluding hydrogens is 418 g/mol. The van der Waals surface area contributed by atoms with Crippen LogP contribution in [0.25, 0.3) is 10.9 Å². The van der Waals surface area contributed by atoms with Crippen molar-refractivity contribution in [1.29, 1.82) is 0 Å². The molecule has 0 aliphatic carbocycles. The maximum absolute atomic E-state index is 12.9. The van der Waals surface area contributed by atoms with Gasteiger partial charge in [-0.05, 0) is 41.8 Å². The third-order valence-corrected chi connectivity index (χ3v) is 6.21. The highest BCUT2D eigenvalue weighted by molar-refractivity contribution is 7.92. The van der Waals surface area contributed by atoms with Crippen LogP contribution in [0.15, 0.2) is 58.4 Å². The standard InChI is InChI=1S/C22H25N3O5S/c1-14(2)15-4-6-16(7-5-15)25-31(28,29)17-8-9-20-18(12-17)21(26)19(13-24-20)22(27)23-10-11-30-3/h4-9,12-14,25H,10-11H2,1-3H3,(H,23,27)(H,24,26). The largest absolute Gasteiger partial charge is 0.383 e. The number of aromatic nitrogens is 1. The van der Waals surface area contributed by atoms with Crippen molar-refractivity contribution in [3.05, 3.63) is 70.0 Å². The number of anilines is 1. The highest BCUT2D eigenvalue weighted by Crippen LogP contribution is 2.21. The molecule has 0 aliphatic heterocycles. The van der Waals surface area contributed by atoms with Crippen LogP contribution in [0.2, 0.25) is 0 Å². The lowest BCUT2D eigenvalue weighted by molar-refractivity contribution is 0.0936. The number of rotatable bonds is 8. The number of nitrogens with one attached hydrogen (secondary N) is 3. The molecule has 3 aromatic rings. The Hall–Kier alpha value is -3.17. The first-order valence-corrected chi connectivity index (χ1v) is 11.3. The molecule has 0 radical (unpaired) electrons. The smallest absolute Gasteiger partial charge is 0.261 e. The second kappa shape index (κ2) is 9.32. The molecule has 31 heavy (non-hydrogen) atoms. The summed E-state index contributed by atoms with van der Waals surface area (Å²) in [5.41, 5.74) is 1.29. The highest BCUT2D eigenvalue weighted by atomic mass is 32.2. The van der Waals surface area contributed by atoms with Crippen molar-refractivity contribution < 1.29 is 17.9 Å². The third kappa shape index (κ3) is 5.12. The van der Waals surface area contributed by atoms with Gasteiger partial charge in [-0.25, -0.2) is 8.42 Å². The fourth-order valence-electron chi connectivity index (χ4n) is 3.05. The van der Waals surface area contributed by atoms with Gasteiger partial charge in [-0.2, -0.15) is 0 Å². The second-order valence-electron chi connectivity index (χ2n) is 7.37. The summed E-state index contributed by atoms with van der Waals surface area (Å²) < 4.78 is 33.1. The maximum atomic E-state index is 12.9. The number of benzene rings is 2. The maximum Gasteiger partial charge on any atom is 0.261 e. The molecule has 1 aromatic heterocycles. The van der Waals surface area contributed by atoms with Gasteiger partial charge in [0.05, 0.1) is 11.5 Å². The molecule has 0 bridgehead atoms. The number of sulfonamides is 1. The van der Waals surface area contributed by atoms with Crippen LogP contribution in [0.3, 0.4) is 0 Å². The van der Waals surface area contributed by atoms with Gasteiger partial charge in [0.2, 0.25) is 5.43 Å². The van der Waals surface area contributed by atoms with Crippen LogP contribution in [-0.4, -0.2) is 39.6 Å². The van der Waals surface area contributed by atoms with E-state index < -0.39 is 21.4 Å². The van der Waals surface area contributed by atoms with Crippen LogP contribution in [0, 0.1) is 0 Å². The fraction of sp³-hybridized carbons (Fsp3) is 0.273. The Morgan fingerprint density at radius 1 is 1.13 bits per heavy atom. The van der Waals surface area contributed by atoms with Crippen molar-refractivity contribution in [2.45, 2.75) is 24.7 Å². The van der Waals surface area contributed by atoms with Gasteiger partial charge < -0.3 is 15.0 Å². The zero-order chi connectivity index (χ0) is 22.6. The number of ether oxygens (including phenoxy) is 1. The molecule has 8 nitrogen and oxygen atoms in total. The summed E-state index contributed by atoms with van der Waals surface area (Å²) in [6.07, 6.45) is 1.31. The van der Waals surface area contributed by atoms with Gasteiger partial charge in [-0.15, -0.1) is 0 Å². The van der Waals surface area contributed by atoms with E-state index in [2.05, 4.69) is 28.9 Å². The zero-order valence-electron chi connectivity index (χ0n) is 17.6. The van der Waals surface area contributed by atoms with Gasteiger partial charge >= 0.3 is 0 Å². The summed E-state index contributed by atoms with van der Waals surface area (Å²) in [5, 5.41) is 2.69. The molecule has 0 fully saturated rings. The number of pyridine rings is 1. The molecular formula is C22H25N3O5S. The number of hydrogen-bond donors (Lipinski definition) is 3. The number of H-pyrrole nitrogens is 1. The van der Waals surface area contributed by atoms with E-state index in [0.717, 1.165) is 5.56 Å². The minimum atomic E-state index is -3.93. The Labute approximate surface area is 180 Å². The Morgan fingerprint density at radius 2 is 1.84 bits per heavy atom. The molecule has 0 unspecified atom stereocenters. The number of methoxy groups -OCH3 is 1. The zero-order valence-corrected chi connectivity index (χ0v) is 18.4. The molecule has 2 aromatic carbocycles. The molecule has 9 heteroatoms. The molecule has 0 spiro atoms. The molecule has 0 saturated carbocycles. The topological polar surface area (TPSA) is 117 Å². The van der Waals surface area contributed by atoms with Crippen LogP contribution in [-0.2, 0) is 14.8 Å². The lowest BCUT2D eigenvalue weighted by atomic mass is 10.0. The van der Waals surface area contributed by atoms with Gasteiger partial charge in [0.15, 0.2) is 0 Å². The summed E-state index contributed by atoms with van der Waals surface area (Å²) in [4.78, 5) is 27.9. The Bertz CT molecular complexity index is 1250. The van der Waals surface area contributed by atoms with Gasteiger partial charge in [-0.3, -0.25) is 14.3 Å². The molecule has 164 valence electrons. The first kappa shape index (κ1) is 22.5. The van der Waals surface area contributed by atoms with E-state index >= 15 is 0 Å². The Morgan fingerprint density at radius 3 is 2.48 bits per heavy atom. The second-order valence-corrected chi connectivity index (χ2v) is 9.05. The van der Waals surface area contributed by atoms with E-state index in [1.165, 1.54) is 31.5 Å². The van der Waals surface area contributed by atoms with Crippen LogP contribution in [0.1, 0.15) is 35.7 Å². The van der Waals surface area contributed by atoms with Gasteiger partial charge in [0, 0.05) is 36.4 Å². The van der Waals surface area contributed by atoms with Gasteiger partial charge in [-0.1, -0.05) is 26.0 Å². The number of fused-ring (bicyclic) bond motifs is 1. The molecule has 0 atom stereocenters. The van der Waals surface area contributed by atoms with Crippen molar-refractivity contribution in [1.82, 2.24) is 10.3 Å². The fourth-order valence-corrected chi connectivity index (χ4v) is 4.13. The summed E-state index contributed by atoms with van der Waals surface area (Å²) in [6, 6.07) is 11.3. The van der Waals surface area contributed by atoms with Crippen molar-refractivity contribution in [3.63, 3.8) is 0 Å². The van der Waals surface area contributed by atoms with Crippen LogP contribution in [0.4, 0.5) is 5.69 Å². The highest BCUT2D eigenvalue weighted by Gasteiger charge is 2.18. The number of amides is 1. The monoisotopic (exact) mass is 443 g/mol. The molecule has 0 aliphatic rings. The van der Waals surface area contributed by atoms with Crippen molar-refractivity contribution >= 4 is 32.5 Å². The van der Waals surface area contributed by atoms with Crippen molar-refractivity contribution in [2.24, 2.45) is 0 Å². The van der Waals surface area contributed by atoms with E-state index in [0.29, 0.717) is 23.7 Å². The average molecular weight is 444 g/mol. The van der Waals surface area contributed by atoms with Crippen molar-refractivity contribution in [3.8, 4) is 0 Å². The average Bonchev–Trinajstić information content (AvgIpc) is 2.74. The molecule has 3 N–H and O–H groups in total. The molecule has 0 saturated heterocycles.